The van der Waals surface area contributed by atoms with Gasteiger partial charge in [-0.3, -0.25) is 15.0 Å². The fourth-order valence-corrected chi connectivity index (χ4v) is 6.75. The number of nitrogens with one attached hydrogen (secondary N) is 4. The van der Waals surface area contributed by atoms with E-state index in [0.29, 0.717) is 36.4 Å². The number of amides is 2. The molecule has 1 heterocycles. The zero-order chi connectivity index (χ0) is 33.6. The molecule has 1 aliphatic heterocycles. The second kappa shape index (κ2) is 14.4. The number of fused-ring (bicyclic) bond motifs is 1. The summed E-state index contributed by atoms with van der Waals surface area (Å²) in [6.07, 6.45) is 1.68. The van der Waals surface area contributed by atoms with E-state index < -0.39 is 33.8 Å². The topological polar surface area (TPSA) is 195 Å². The van der Waals surface area contributed by atoms with Crippen molar-refractivity contribution in [2.24, 2.45) is 11.7 Å². The minimum Gasteiger partial charge on any atom is -0.478 e. The molecule has 2 atom stereocenters. The Balaban J connectivity index is 1.31. The first kappa shape index (κ1) is 33.1. The van der Waals surface area contributed by atoms with Crippen LogP contribution in [0.2, 0.25) is 0 Å². The van der Waals surface area contributed by atoms with Crippen LogP contribution in [0, 0.1) is 11.3 Å². The van der Waals surface area contributed by atoms with Crippen LogP contribution in [0.3, 0.4) is 0 Å². The lowest BCUT2D eigenvalue weighted by Crippen LogP contribution is -2.51. The van der Waals surface area contributed by atoms with Gasteiger partial charge in [0.1, 0.15) is 6.04 Å². The summed E-state index contributed by atoms with van der Waals surface area (Å²) in [6.45, 7) is 1.50. The van der Waals surface area contributed by atoms with Gasteiger partial charge in [-0.2, -0.15) is 4.72 Å². The number of nitrogens with zero attached hydrogens (tertiary/aromatic N) is 1. The Morgan fingerprint density at radius 3 is 2.30 bits per heavy atom. The third-order valence-electron chi connectivity index (χ3n) is 8.12. The van der Waals surface area contributed by atoms with Crippen LogP contribution in [0.1, 0.15) is 39.1 Å². The van der Waals surface area contributed by atoms with E-state index in [2.05, 4.69) is 15.4 Å². The van der Waals surface area contributed by atoms with Gasteiger partial charge >= 0.3 is 5.97 Å². The van der Waals surface area contributed by atoms with E-state index in [1.165, 1.54) is 30.3 Å². The van der Waals surface area contributed by atoms with Crippen LogP contribution in [0.25, 0.3) is 10.8 Å². The summed E-state index contributed by atoms with van der Waals surface area (Å²) in [5.41, 5.74) is 7.12. The standard InChI is InChI=1S/C34H36N6O6S/c35-34(36)40-17-3-4-23(21-40)20-37-32(42)30(39-47(45,46)29-16-13-24-5-1-2-6-27(24)19-29)18-22-7-9-25(10-8-22)31(41)38-28-14-11-26(12-15-28)33(43)44/h1-2,5-16,19,23,30,39H,3-4,17-18,20-21H2,(H3,35,36)(H,37,42)(H,38,41)(H,43,44)/t23?,30-/m1/s1. The number of carboxylic acid groups (broad SMARTS) is 1. The third kappa shape index (κ3) is 8.51. The highest BCUT2D eigenvalue weighted by Gasteiger charge is 2.28. The van der Waals surface area contributed by atoms with Gasteiger partial charge in [0.05, 0.1) is 10.5 Å². The molecule has 0 spiro atoms. The number of sulfonamides is 1. The lowest BCUT2D eigenvalue weighted by atomic mass is 9.98. The predicted molar refractivity (Wildman–Crippen MR) is 179 cm³/mol. The van der Waals surface area contributed by atoms with Crippen molar-refractivity contribution in [1.82, 2.24) is 14.9 Å². The van der Waals surface area contributed by atoms with E-state index >= 15 is 0 Å². The van der Waals surface area contributed by atoms with Gasteiger partial charge in [0.25, 0.3) is 5.91 Å². The number of aromatic carboxylic acids is 1. The van der Waals surface area contributed by atoms with E-state index in [0.717, 1.165) is 23.6 Å². The molecule has 7 N–H and O–H groups in total. The molecule has 4 aromatic rings. The molecule has 0 saturated carbocycles. The highest BCUT2D eigenvalue weighted by molar-refractivity contribution is 7.89. The molecule has 13 heteroatoms. The van der Waals surface area contributed by atoms with Crippen LogP contribution in [0.5, 0.6) is 0 Å². The van der Waals surface area contributed by atoms with Gasteiger partial charge in [0.2, 0.25) is 15.9 Å². The fraction of sp³-hybridized carbons (Fsp3) is 0.235. The number of carboxylic acids is 1. The van der Waals surface area contributed by atoms with Crippen LogP contribution >= 0.6 is 0 Å². The number of carbonyl (C=O) groups is 3. The highest BCUT2D eigenvalue weighted by Crippen LogP contribution is 2.21. The van der Waals surface area contributed by atoms with Crippen molar-refractivity contribution < 1.29 is 27.9 Å². The minimum absolute atomic E-state index is 0.0153. The predicted octanol–water partition coefficient (Wildman–Crippen LogP) is 3.40. The zero-order valence-corrected chi connectivity index (χ0v) is 26.3. The number of anilines is 1. The molecule has 4 aromatic carbocycles. The monoisotopic (exact) mass is 656 g/mol. The molecule has 5 rings (SSSR count). The van der Waals surface area contributed by atoms with E-state index in [1.807, 2.05) is 24.3 Å². The van der Waals surface area contributed by atoms with E-state index in [4.69, 9.17) is 16.2 Å². The number of piperidine rings is 1. The van der Waals surface area contributed by atoms with Crippen molar-refractivity contribution in [1.29, 1.82) is 5.41 Å². The largest absolute Gasteiger partial charge is 0.478 e. The molecule has 12 nitrogen and oxygen atoms in total. The number of nitrogens with two attached hydrogens (primary N) is 1. The van der Waals surface area contributed by atoms with Gasteiger partial charge in [0.15, 0.2) is 5.96 Å². The van der Waals surface area contributed by atoms with Crippen molar-refractivity contribution in [3.8, 4) is 0 Å². The Morgan fingerprint density at radius 2 is 1.62 bits per heavy atom. The lowest BCUT2D eigenvalue weighted by molar-refractivity contribution is -0.123. The average Bonchev–Trinajstić information content (AvgIpc) is 3.07. The highest BCUT2D eigenvalue weighted by atomic mass is 32.2. The second-order valence-electron chi connectivity index (χ2n) is 11.5. The summed E-state index contributed by atoms with van der Waals surface area (Å²) < 4.78 is 29.7. The smallest absolute Gasteiger partial charge is 0.335 e. The van der Waals surface area contributed by atoms with Crippen molar-refractivity contribution in [3.63, 3.8) is 0 Å². The first-order chi connectivity index (χ1) is 22.5. The van der Waals surface area contributed by atoms with Crippen LogP contribution in [0.4, 0.5) is 5.69 Å². The maximum absolute atomic E-state index is 13.6. The Labute approximate surface area is 272 Å². The maximum Gasteiger partial charge on any atom is 0.335 e. The molecule has 0 aliphatic carbocycles. The lowest BCUT2D eigenvalue weighted by Gasteiger charge is -2.33. The Hall–Kier alpha value is -5.27. The molecule has 1 fully saturated rings. The molecule has 1 saturated heterocycles. The first-order valence-electron chi connectivity index (χ1n) is 15.1. The summed E-state index contributed by atoms with van der Waals surface area (Å²) in [7, 11) is -4.11. The maximum atomic E-state index is 13.6. The molecule has 244 valence electrons. The summed E-state index contributed by atoms with van der Waals surface area (Å²) in [6, 6.07) is 23.2. The molecule has 0 bridgehead atoms. The zero-order valence-electron chi connectivity index (χ0n) is 25.5. The summed E-state index contributed by atoms with van der Waals surface area (Å²) >= 11 is 0. The summed E-state index contributed by atoms with van der Waals surface area (Å²) in [5, 5.41) is 24.0. The minimum atomic E-state index is -4.11. The van der Waals surface area contributed by atoms with Crippen molar-refractivity contribution in [3.05, 3.63) is 108 Å². The molecule has 1 unspecified atom stereocenters. The van der Waals surface area contributed by atoms with Gasteiger partial charge in [-0.25, -0.2) is 13.2 Å². The number of hydrogen-bond acceptors (Lipinski definition) is 6. The van der Waals surface area contributed by atoms with Gasteiger partial charge < -0.3 is 26.4 Å². The quantitative estimate of drug-likeness (QED) is 0.104. The molecular formula is C34H36N6O6S. The Morgan fingerprint density at radius 1 is 0.936 bits per heavy atom. The SMILES string of the molecule is N=C(N)N1CCCC(CNC(=O)[C@@H](Cc2ccc(C(=O)Nc3ccc(C(=O)O)cc3)cc2)NS(=O)(=O)c2ccc3ccccc3c2)C1. The summed E-state index contributed by atoms with van der Waals surface area (Å²) in [5.74, 6) is -1.96. The van der Waals surface area contributed by atoms with E-state index in [9.17, 15) is 22.8 Å². The van der Waals surface area contributed by atoms with Crippen LogP contribution in [-0.4, -0.2) is 67.8 Å². The van der Waals surface area contributed by atoms with Crippen molar-refractivity contribution in [2.45, 2.75) is 30.2 Å². The molecule has 0 radical (unpaired) electrons. The second-order valence-corrected chi connectivity index (χ2v) is 13.2. The molecule has 1 aliphatic rings. The van der Waals surface area contributed by atoms with Crippen molar-refractivity contribution in [2.75, 3.05) is 25.0 Å². The number of carbonyl (C=O) groups excluding carboxylic acids is 2. The van der Waals surface area contributed by atoms with Gasteiger partial charge in [-0.1, -0.05) is 42.5 Å². The van der Waals surface area contributed by atoms with Gasteiger partial charge in [-0.05, 0) is 90.0 Å². The Bertz CT molecular complexity index is 1900. The van der Waals surface area contributed by atoms with Crippen LogP contribution in [0.15, 0.2) is 95.9 Å². The molecule has 47 heavy (non-hydrogen) atoms. The van der Waals surface area contributed by atoms with Gasteiger partial charge in [-0.15, -0.1) is 0 Å². The van der Waals surface area contributed by atoms with Gasteiger partial charge in [0, 0.05) is 30.9 Å². The number of hydrogen-bond donors (Lipinski definition) is 6. The Kier molecular flexibility index (Phi) is 10.2. The molecular weight excluding hydrogens is 620 g/mol. The molecule has 0 aromatic heterocycles. The number of guanidine groups is 1. The fourth-order valence-electron chi connectivity index (χ4n) is 5.52. The number of benzene rings is 4. The third-order valence-corrected chi connectivity index (χ3v) is 9.58. The van der Waals surface area contributed by atoms with Crippen LogP contribution < -0.4 is 21.1 Å². The number of rotatable bonds is 11. The number of likely N-dealkylation sites (tertiary alicyclic amines) is 1. The summed E-state index contributed by atoms with van der Waals surface area (Å²) in [4.78, 5) is 39.2. The van der Waals surface area contributed by atoms with Crippen LogP contribution in [-0.2, 0) is 21.2 Å². The first-order valence-corrected chi connectivity index (χ1v) is 16.6. The van der Waals surface area contributed by atoms with Crippen molar-refractivity contribution >= 4 is 50.2 Å². The molecule has 2 amide bonds. The van der Waals surface area contributed by atoms with E-state index in [1.54, 1.807) is 41.3 Å². The average molecular weight is 657 g/mol. The normalized spacial score (nSPS) is 15.5. The van der Waals surface area contributed by atoms with E-state index in [-0.39, 0.29) is 28.8 Å².